The van der Waals surface area contributed by atoms with Crippen LogP contribution in [0, 0.1) is 5.92 Å². The number of carbonyl (C=O) groups is 2. The summed E-state index contributed by atoms with van der Waals surface area (Å²) < 4.78 is 0. The Balaban J connectivity index is 2.33. The molecule has 0 saturated heterocycles. The third-order valence-electron chi connectivity index (χ3n) is 3.80. The summed E-state index contributed by atoms with van der Waals surface area (Å²) in [7, 11) is 0. The van der Waals surface area contributed by atoms with E-state index < -0.39 is 11.5 Å². The first-order valence-electron chi connectivity index (χ1n) is 7.13. The van der Waals surface area contributed by atoms with Crippen LogP contribution in [0.2, 0.25) is 0 Å². The molecular weight excluding hydrogens is 244 g/mol. The van der Waals surface area contributed by atoms with Crippen LogP contribution in [-0.2, 0) is 4.79 Å². The van der Waals surface area contributed by atoms with Crippen molar-refractivity contribution in [3.05, 3.63) is 0 Å². The maximum atomic E-state index is 11.8. The van der Waals surface area contributed by atoms with Crippen molar-refractivity contribution in [1.29, 1.82) is 0 Å². The van der Waals surface area contributed by atoms with Crippen molar-refractivity contribution in [1.82, 2.24) is 10.6 Å². The molecule has 0 aromatic carbocycles. The number of carboxylic acids is 1. The zero-order chi connectivity index (χ0) is 14.5. The summed E-state index contributed by atoms with van der Waals surface area (Å²) >= 11 is 0. The number of carboxylic acid groups (broad SMARTS) is 1. The van der Waals surface area contributed by atoms with Gasteiger partial charge in [-0.1, -0.05) is 13.3 Å². The van der Waals surface area contributed by atoms with Gasteiger partial charge in [-0.15, -0.1) is 0 Å². The van der Waals surface area contributed by atoms with Crippen LogP contribution < -0.4 is 10.6 Å². The molecule has 1 aliphatic carbocycles. The summed E-state index contributed by atoms with van der Waals surface area (Å²) in [6.07, 6.45) is 5.50. The van der Waals surface area contributed by atoms with Gasteiger partial charge in [0.25, 0.3) is 0 Å². The Bertz CT molecular complexity index is 321. The molecule has 2 amide bonds. The predicted octanol–water partition coefficient (Wildman–Crippen LogP) is 2.51. The largest absolute Gasteiger partial charge is 0.481 e. The molecule has 19 heavy (non-hydrogen) atoms. The van der Waals surface area contributed by atoms with Gasteiger partial charge in [0.15, 0.2) is 0 Å². The lowest BCUT2D eigenvalue weighted by Gasteiger charge is -2.30. The molecule has 0 aromatic rings. The van der Waals surface area contributed by atoms with Crippen LogP contribution in [0.4, 0.5) is 4.79 Å². The predicted molar refractivity (Wildman–Crippen MR) is 74.0 cm³/mol. The highest BCUT2D eigenvalue weighted by Crippen LogP contribution is 2.26. The van der Waals surface area contributed by atoms with E-state index in [-0.39, 0.29) is 18.5 Å². The van der Waals surface area contributed by atoms with Crippen molar-refractivity contribution >= 4 is 12.0 Å². The molecule has 0 spiro atoms. The van der Waals surface area contributed by atoms with Gasteiger partial charge in [-0.25, -0.2) is 4.79 Å². The number of hydrogen-bond donors (Lipinski definition) is 3. The zero-order valence-corrected chi connectivity index (χ0v) is 12.2. The van der Waals surface area contributed by atoms with Gasteiger partial charge in [-0.3, -0.25) is 4.79 Å². The van der Waals surface area contributed by atoms with E-state index in [1.807, 2.05) is 0 Å². The summed E-state index contributed by atoms with van der Waals surface area (Å²) in [6.45, 7) is 5.64. The zero-order valence-electron chi connectivity index (χ0n) is 12.2. The highest BCUT2D eigenvalue weighted by atomic mass is 16.4. The molecule has 3 N–H and O–H groups in total. The molecule has 0 aliphatic heterocycles. The molecular formula is C14H26N2O3. The normalized spacial score (nSPS) is 23.7. The Hall–Kier alpha value is -1.26. The third-order valence-corrected chi connectivity index (χ3v) is 3.80. The summed E-state index contributed by atoms with van der Waals surface area (Å²) in [4.78, 5) is 22.5. The van der Waals surface area contributed by atoms with E-state index in [1.165, 1.54) is 19.3 Å². The fraction of sp³-hybridized carbons (Fsp3) is 0.857. The Kier molecular flexibility index (Phi) is 5.63. The fourth-order valence-electron chi connectivity index (χ4n) is 2.67. The van der Waals surface area contributed by atoms with Crippen LogP contribution in [0.15, 0.2) is 0 Å². The Labute approximate surface area is 115 Å². The number of amides is 2. The van der Waals surface area contributed by atoms with Gasteiger partial charge in [-0.2, -0.15) is 0 Å². The second kappa shape index (κ2) is 6.78. The topological polar surface area (TPSA) is 78.4 Å². The molecule has 1 fully saturated rings. The molecule has 0 aromatic heterocycles. The van der Waals surface area contributed by atoms with Crippen LogP contribution >= 0.6 is 0 Å². The lowest BCUT2D eigenvalue weighted by molar-refractivity contribution is -0.138. The van der Waals surface area contributed by atoms with E-state index in [0.29, 0.717) is 0 Å². The van der Waals surface area contributed by atoms with Crippen LogP contribution in [0.3, 0.4) is 0 Å². The number of carbonyl (C=O) groups excluding carboxylic acids is 1. The van der Waals surface area contributed by atoms with E-state index in [9.17, 15) is 9.59 Å². The van der Waals surface area contributed by atoms with Crippen LogP contribution in [0.5, 0.6) is 0 Å². The van der Waals surface area contributed by atoms with E-state index in [0.717, 1.165) is 18.8 Å². The molecule has 0 unspecified atom stereocenters. The molecule has 5 heteroatoms. The first-order chi connectivity index (χ1) is 8.82. The molecule has 110 valence electrons. The lowest BCUT2D eigenvalue weighted by Crippen LogP contribution is -2.52. The lowest BCUT2D eigenvalue weighted by atomic mass is 9.84. The molecule has 1 aliphatic rings. The second-order valence-electron chi connectivity index (χ2n) is 6.18. The molecule has 0 atom stereocenters. The monoisotopic (exact) mass is 270 g/mol. The third kappa shape index (κ3) is 5.94. The van der Waals surface area contributed by atoms with Crippen molar-refractivity contribution in [2.45, 2.75) is 70.9 Å². The van der Waals surface area contributed by atoms with Gasteiger partial charge < -0.3 is 15.7 Å². The van der Waals surface area contributed by atoms with Crippen LogP contribution in [0.25, 0.3) is 0 Å². The van der Waals surface area contributed by atoms with Gasteiger partial charge in [0.2, 0.25) is 0 Å². The molecule has 5 nitrogen and oxygen atoms in total. The maximum Gasteiger partial charge on any atom is 0.315 e. The van der Waals surface area contributed by atoms with Crippen molar-refractivity contribution in [3.8, 4) is 0 Å². The van der Waals surface area contributed by atoms with Crippen molar-refractivity contribution in [3.63, 3.8) is 0 Å². The summed E-state index contributed by atoms with van der Waals surface area (Å²) in [6, 6.07) is -0.0328. The van der Waals surface area contributed by atoms with Crippen LogP contribution in [-0.4, -0.2) is 28.7 Å². The molecule has 0 heterocycles. The Morgan fingerprint density at radius 3 is 2.26 bits per heavy atom. The number of aliphatic carboxylic acids is 1. The smallest absolute Gasteiger partial charge is 0.315 e. The van der Waals surface area contributed by atoms with E-state index in [1.54, 1.807) is 13.8 Å². The van der Waals surface area contributed by atoms with Gasteiger partial charge in [0.1, 0.15) is 0 Å². The van der Waals surface area contributed by atoms with Gasteiger partial charge in [0.05, 0.1) is 6.42 Å². The van der Waals surface area contributed by atoms with E-state index >= 15 is 0 Å². The Morgan fingerprint density at radius 2 is 1.79 bits per heavy atom. The molecule has 0 bridgehead atoms. The average Bonchev–Trinajstić information content (AvgIpc) is 2.27. The van der Waals surface area contributed by atoms with Crippen molar-refractivity contribution in [2.75, 3.05) is 0 Å². The fourth-order valence-corrected chi connectivity index (χ4v) is 2.67. The van der Waals surface area contributed by atoms with E-state index in [4.69, 9.17) is 5.11 Å². The van der Waals surface area contributed by atoms with Crippen molar-refractivity contribution < 1.29 is 14.7 Å². The first kappa shape index (κ1) is 15.8. The Morgan fingerprint density at radius 1 is 1.21 bits per heavy atom. The minimum absolute atomic E-state index is 0.0804. The number of rotatable bonds is 5. The van der Waals surface area contributed by atoms with Crippen molar-refractivity contribution in [2.24, 2.45) is 5.92 Å². The summed E-state index contributed by atoms with van der Waals surface area (Å²) in [5, 5.41) is 14.4. The summed E-state index contributed by atoms with van der Waals surface area (Å²) in [5.74, 6) is -0.113. The highest BCUT2D eigenvalue weighted by Gasteiger charge is 2.26. The van der Waals surface area contributed by atoms with E-state index in [2.05, 4.69) is 17.6 Å². The quantitative estimate of drug-likeness (QED) is 0.718. The minimum atomic E-state index is -0.909. The first-order valence-corrected chi connectivity index (χ1v) is 7.13. The minimum Gasteiger partial charge on any atom is -0.481 e. The van der Waals surface area contributed by atoms with Crippen LogP contribution in [0.1, 0.15) is 59.3 Å². The standard InChI is InChI=1S/C14H26N2O3/c1-4-10-5-7-11(8-6-10)15-13(19)16-14(2,3)9-12(17)18/h10-11H,4-9H2,1-3H3,(H,17,18)(H2,15,16,19). The SMILES string of the molecule is CCC1CCC(NC(=O)NC(C)(C)CC(=O)O)CC1. The number of nitrogens with one attached hydrogen (secondary N) is 2. The molecule has 1 saturated carbocycles. The maximum absolute atomic E-state index is 11.8. The number of urea groups is 1. The number of hydrogen-bond acceptors (Lipinski definition) is 2. The molecule has 0 radical (unpaired) electrons. The van der Waals surface area contributed by atoms with Gasteiger partial charge in [-0.05, 0) is 45.4 Å². The highest BCUT2D eigenvalue weighted by molar-refractivity contribution is 5.76. The van der Waals surface area contributed by atoms with Gasteiger partial charge >= 0.3 is 12.0 Å². The van der Waals surface area contributed by atoms with Gasteiger partial charge in [0, 0.05) is 11.6 Å². The summed E-state index contributed by atoms with van der Waals surface area (Å²) in [5.41, 5.74) is -0.726. The average molecular weight is 270 g/mol. The molecule has 1 rings (SSSR count). The second-order valence-corrected chi connectivity index (χ2v) is 6.18.